The van der Waals surface area contributed by atoms with E-state index in [1.54, 1.807) is 24.3 Å². The van der Waals surface area contributed by atoms with Crippen LogP contribution in [0.15, 0.2) is 24.3 Å². The van der Waals surface area contributed by atoms with Crippen LogP contribution < -0.4 is 5.32 Å². The highest BCUT2D eigenvalue weighted by molar-refractivity contribution is 6.34. The number of carbonyl (C=O) groups excluding carboxylic acids is 2. The lowest BCUT2D eigenvalue weighted by molar-refractivity contribution is -0.145. The third-order valence-corrected chi connectivity index (χ3v) is 2.59. The van der Waals surface area contributed by atoms with Gasteiger partial charge in [-0.1, -0.05) is 23.7 Å². The Balaban J connectivity index is 2.45. The summed E-state index contributed by atoms with van der Waals surface area (Å²) in [5.74, 6) is -1.36. The summed E-state index contributed by atoms with van der Waals surface area (Å²) in [6.07, 6.45) is 0. The molecule has 1 aromatic rings. The summed E-state index contributed by atoms with van der Waals surface area (Å²) < 4.78 is 0. The van der Waals surface area contributed by atoms with E-state index in [-0.39, 0.29) is 19.7 Å². The lowest BCUT2D eigenvalue weighted by Gasteiger charge is -2.14. The quantitative estimate of drug-likeness (QED) is 0.779. The number of benzene rings is 1. The van der Waals surface area contributed by atoms with E-state index in [4.69, 9.17) is 16.7 Å². The lowest BCUT2D eigenvalue weighted by atomic mass is 10.2. The number of hydrogen-bond donors (Lipinski definition) is 2. The van der Waals surface area contributed by atoms with E-state index >= 15 is 0 Å². The van der Waals surface area contributed by atoms with Crippen molar-refractivity contribution < 1.29 is 14.7 Å². The van der Waals surface area contributed by atoms with E-state index in [0.29, 0.717) is 5.02 Å². The number of hydrogen-bond acceptors (Lipinski definition) is 3. The van der Waals surface area contributed by atoms with Crippen LogP contribution in [0.2, 0.25) is 5.02 Å². The number of aliphatic hydroxyl groups excluding tert-OH is 1. The van der Waals surface area contributed by atoms with Gasteiger partial charge in [-0.2, -0.15) is 0 Å². The first kappa shape index (κ1) is 14.5. The number of nitrogens with zero attached hydrogens (tertiary/aromatic N) is 1. The van der Waals surface area contributed by atoms with Gasteiger partial charge in [0.15, 0.2) is 0 Å². The van der Waals surface area contributed by atoms with E-state index in [9.17, 15) is 9.59 Å². The largest absolute Gasteiger partial charge is 0.395 e. The molecule has 0 radical (unpaired) electrons. The van der Waals surface area contributed by atoms with Gasteiger partial charge in [0.05, 0.1) is 6.61 Å². The molecule has 0 spiro atoms. The van der Waals surface area contributed by atoms with Gasteiger partial charge >= 0.3 is 11.8 Å². The van der Waals surface area contributed by atoms with Crippen LogP contribution in [0.4, 0.5) is 0 Å². The molecule has 0 unspecified atom stereocenters. The minimum Gasteiger partial charge on any atom is -0.395 e. The van der Waals surface area contributed by atoms with Crippen LogP contribution in [0.1, 0.15) is 5.56 Å². The molecule has 2 N–H and O–H groups in total. The smallest absolute Gasteiger partial charge is 0.311 e. The van der Waals surface area contributed by atoms with Crippen LogP contribution in [0.5, 0.6) is 0 Å². The Morgan fingerprint density at radius 3 is 2.50 bits per heavy atom. The van der Waals surface area contributed by atoms with Crippen LogP contribution in [-0.4, -0.2) is 42.0 Å². The number of rotatable bonds is 4. The van der Waals surface area contributed by atoms with Gasteiger partial charge in [0.2, 0.25) is 0 Å². The Bertz CT molecular complexity index is 420. The topological polar surface area (TPSA) is 69.6 Å². The zero-order valence-electron chi connectivity index (χ0n) is 10.0. The summed E-state index contributed by atoms with van der Waals surface area (Å²) in [6, 6.07) is 6.96. The van der Waals surface area contributed by atoms with Crippen LogP contribution >= 0.6 is 11.6 Å². The van der Waals surface area contributed by atoms with Crippen molar-refractivity contribution in [1.82, 2.24) is 10.2 Å². The number of likely N-dealkylation sites (N-methyl/N-ethyl adjacent to an activating group) is 1. The lowest BCUT2D eigenvalue weighted by Crippen LogP contribution is -2.41. The maximum Gasteiger partial charge on any atom is 0.311 e. The average Bonchev–Trinajstić information content (AvgIpc) is 2.37. The Morgan fingerprint density at radius 2 is 1.94 bits per heavy atom. The Labute approximate surface area is 110 Å². The molecule has 0 fully saturated rings. The minimum absolute atomic E-state index is 0.132. The molecule has 1 rings (SSSR count). The normalized spacial score (nSPS) is 9.94. The van der Waals surface area contributed by atoms with Crippen molar-refractivity contribution in [3.05, 3.63) is 34.9 Å². The number of amides is 2. The van der Waals surface area contributed by atoms with E-state index in [1.165, 1.54) is 7.05 Å². The number of aliphatic hydroxyl groups is 1. The Kier molecular flexibility index (Phi) is 5.61. The molecule has 1 aromatic carbocycles. The summed E-state index contributed by atoms with van der Waals surface area (Å²) >= 11 is 5.73. The van der Waals surface area contributed by atoms with Gasteiger partial charge in [-0.15, -0.1) is 0 Å². The average molecular weight is 271 g/mol. The molecule has 0 aliphatic carbocycles. The molecule has 5 nitrogen and oxygen atoms in total. The zero-order valence-corrected chi connectivity index (χ0v) is 10.8. The maximum atomic E-state index is 11.5. The van der Waals surface area contributed by atoms with E-state index in [2.05, 4.69) is 5.32 Å². The first-order chi connectivity index (χ1) is 8.54. The first-order valence-electron chi connectivity index (χ1n) is 5.43. The van der Waals surface area contributed by atoms with E-state index < -0.39 is 11.8 Å². The summed E-state index contributed by atoms with van der Waals surface area (Å²) in [7, 11) is 1.46. The van der Waals surface area contributed by atoms with Crippen molar-refractivity contribution in [3.63, 3.8) is 0 Å². The van der Waals surface area contributed by atoms with E-state index in [0.717, 1.165) is 10.5 Å². The van der Waals surface area contributed by atoms with Crippen molar-refractivity contribution in [2.24, 2.45) is 0 Å². The molecule has 0 aromatic heterocycles. The van der Waals surface area contributed by atoms with Gasteiger partial charge in [-0.25, -0.2) is 0 Å². The van der Waals surface area contributed by atoms with Gasteiger partial charge in [0.1, 0.15) is 0 Å². The molecular weight excluding hydrogens is 256 g/mol. The number of halogens is 1. The van der Waals surface area contributed by atoms with Crippen LogP contribution in [0.25, 0.3) is 0 Å². The highest BCUT2D eigenvalue weighted by Gasteiger charge is 2.17. The Hall–Kier alpha value is -1.59. The summed E-state index contributed by atoms with van der Waals surface area (Å²) in [5, 5.41) is 11.8. The summed E-state index contributed by atoms with van der Waals surface area (Å²) in [5.41, 5.74) is 0.852. The van der Waals surface area contributed by atoms with Crippen LogP contribution in [0.3, 0.4) is 0 Å². The SMILES string of the molecule is CN(CCO)C(=O)C(=O)NCc1ccc(Cl)cc1. The monoisotopic (exact) mass is 270 g/mol. The molecule has 0 saturated heterocycles. The molecule has 2 amide bonds. The van der Waals surface area contributed by atoms with E-state index in [1.807, 2.05) is 0 Å². The molecule has 18 heavy (non-hydrogen) atoms. The molecule has 0 heterocycles. The predicted molar refractivity (Wildman–Crippen MR) is 68.0 cm³/mol. The highest BCUT2D eigenvalue weighted by atomic mass is 35.5. The van der Waals surface area contributed by atoms with Crippen molar-refractivity contribution in [1.29, 1.82) is 0 Å². The third-order valence-electron chi connectivity index (χ3n) is 2.34. The molecule has 0 atom stereocenters. The molecule has 0 saturated carbocycles. The highest BCUT2D eigenvalue weighted by Crippen LogP contribution is 2.09. The predicted octanol–water partition coefficient (Wildman–Crippen LogP) is 0.407. The standard InChI is InChI=1S/C12H15ClN2O3/c1-15(6-7-16)12(18)11(17)14-8-9-2-4-10(13)5-3-9/h2-5,16H,6-8H2,1H3,(H,14,17). The Morgan fingerprint density at radius 1 is 1.33 bits per heavy atom. The molecule has 0 aliphatic rings. The van der Waals surface area contributed by atoms with Crippen LogP contribution in [-0.2, 0) is 16.1 Å². The van der Waals surface area contributed by atoms with Crippen molar-refractivity contribution >= 4 is 23.4 Å². The van der Waals surface area contributed by atoms with Gasteiger partial charge in [0.25, 0.3) is 0 Å². The second-order valence-electron chi connectivity index (χ2n) is 3.76. The molecule has 98 valence electrons. The zero-order chi connectivity index (χ0) is 13.5. The van der Waals surface area contributed by atoms with Crippen molar-refractivity contribution in [2.45, 2.75) is 6.54 Å². The first-order valence-corrected chi connectivity index (χ1v) is 5.81. The maximum absolute atomic E-state index is 11.5. The van der Waals surface area contributed by atoms with Gasteiger partial charge in [0, 0.05) is 25.2 Å². The molecule has 6 heteroatoms. The third kappa shape index (κ3) is 4.35. The molecule has 0 bridgehead atoms. The van der Waals surface area contributed by atoms with Gasteiger partial charge < -0.3 is 15.3 Å². The summed E-state index contributed by atoms with van der Waals surface area (Å²) in [6.45, 7) is 0.217. The molecule has 0 aliphatic heterocycles. The van der Waals surface area contributed by atoms with Gasteiger partial charge in [-0.3, -0.25) is 9.59 Å². The minimum atomic E-state index is -0.694. The summed E-state index contributed by atoms with van der Waals surface area (Å²) in [4.78, 5) is 24.1. The second-order valence-corrected chi connectivity index (χ2v) is 4.20. The fourth-order valence-corrected chi connectivity index (χ4v) is 1.41. The van der Waals surface area contributed by atoms with Crippen LogP contribution in [0, 0.1) is 0 Å². The number of nitrogens with one attached hydrogen (secondary N) is 1. The molecular formula is C12H15ClN2O3. The van der Waals surface area contributed by atoms with Crippen molar-refractivity contribution in [3.8, 4) is 0 Å². The number of carbonyl (C=O) groups is 2. The second kappa shape index (κ2) is 6.98. The van der Waals surface area contributed by atoms with Crippen molar-refractivity contribution in [2.75, 3.05) is 20.2 Å². The fraction of sp³-hybridized carbons (Fsp3) is 0.333. The van der Waals surface area contributed by atoms with Gasteiger partial charge in [-0.05, 0) is 17.7 Å². The fourth-order valence-electron chi connectivity index (χ4n) is 1.29.